The number of esters is 1. The van der Waals surface area contributed by atoms with Crippen molar-refractivity contribution in [1.82, 2.24) is 5.32 Å². The number of ether oxygens (including phenoxy) is 1. The maximum Gasteiger partial charge on any atom is 0.472 e. The van der Waals surface area contributed by atoms with Crippen LogP contribution in [-0.2, 0) is 27.9 Å². The second-order valence-corrected chi connectivity index (χ2v) is 24.7. The van der Waals surface area contributed by atoms with Crippen LogP contribution in [0.15, 0.2) is 134 Å². The van der Waals surface area contributed by atoms with Crippen molar-refractivity contribution in [3.63, 3.8) is 0 Å². The van der Waals surface area contributed by atoms with Gasteiger partial charge in [0.25, 0.3) is 0 Å². The van der Waals surface area contributed by atoms with Gasteiger partial charge in [0, 0.05) is 12.8 Å². The van der Waals surface area contributed by atoms with E-state index in [9.17, 15) is 19.0 Å². The second-order valence-electron chi connectivity index (χ2n) is 23.3. The Morgan fingerprint density at radius 2 is 0.771 bits per heavy atom. The van der Waals surface area contributed by atoms with Crippen LogP contribution < -0.4 is 5.32 Å². The Morgan fingerprint density at radius 1 is 0.434 bits per heavy atom. The lowest BCUT2D eigenvalue weighted by Crippen LogP contribution is -2.47. The molecule has 0 bridgehead atoms. The van der Waals surface area contributed by atoms with Gasteiger partial charge in [-0.25, -0.2) is 4.57 Å². The molecule has 9 nitrogen and oxygen atoms in total. The van der Waals surface area contributed by atoms with Crippen LogP contribution >= 0.6 is 7.82 Å². The molecule has 0 spiro atoms. The highest BCUT2D eigenvalue weighted by molar-refractivity contribution is 7.47. The van der Waals surface area contributed by atoms with Gasteiger partial charge in [-0.1, -0.05) is 258 Å². The first-order valence-electron chi connectivity index (χ1n) is 33.5. The van der Waals surface area contributed by atoms with Crippen LogP contribution in [0.2, 0.25) is 0 Å². The molecule has 0 aliphatic rings. The summed E-state index contributed by atoms with van der Waals surface area (Å²) in [4.78, 5) is 37.8. The Morgan fingerprint density at radius 3 is 1.18 bits per heavy atom. The lowest BCUT2D eigenvalue weighted by molar-refractivity contribution is -0.870. The largest absolute Gasteiger partial charge is 0.472 e. The van der Waals surface area contributed by atoms with Crippen LogP contribution in [0.5, 0.6) is 0 Å². The number of phosphoric ester groups is 1. The molecule has 0 saturated heterocycles. The van der Waals surface area contributed by atoms with E-state index in [1.807, 2.05) is 33.3 Å². The van der Waals surface area contributed by atoms with Gasteiger partial charge in [0.15, 0.2) is 0 Å². The minimum absolute atomic E-state index is 0.0254. The van der Waals surface area contributed by atoms with Gasteiger partial charge in [-0.3, -0.25) is 18.6 Å². The molecule has 10 heteroatoms. The minimum atomic E-state index is -4.47. The van der Waals surface area contributed by atoms with E-state index < -0.39 is 20.0 Å². The van der Waals surface area contributed by atoms with Gasteiger partial charge in [-0.2, -0.15) is 0 Å². The van der Waals surface area contributed by atoms with Gasteiger partial charge in [0.05, 0.1) is 33.8 Å². The van der Waals surface area contributed by atoms with Crippen LogP contribution in [0.4, 0.5) is 0 Å². The average Bonchev–Trinajstić information content (AvgIpc) is 3.51. The number of rotatable bonds is 59. The zero-order valence-corrected chi connectivity index (χ0v) is 55.0. The highest BCUT2D eigenvalue weighted by Crippen LogP contribution is 2.43. The summed E-state index contributed by atoms with van der Waals surface area (Å²) in [6, 6.07) is -0.877. The van der Waals surface area contributed by atoms with Crippen molar-refractivity contribution in [1.29, 1.82) is 0 Å². The molecular formula is C73H126N2O7P+. The van der Waals surface area contributed by atoms with Crippen LogP contribution in [-0.4, -0.2) is 74.3 Å². The quantitative estimate of drug-likeness (QED) is 0.0205. The number of amides is 1. The maximum absolute atomic E-state index is 13.6. The van der Waals surface area contributed by atoms with Crippen molar-refractivity contribution in [2.45, 2.75) is 277 Å². The third-order valence-corrected chi connectivity index (χ3v) is 15.1. The number of allylic oxidation sites excluding steroid dienone is 21. The summed E-state index contributed by atoms with van der Waals surface area (Å²) >= 11 is 0. The van der Waals surface area contributed by atoms with Crippen molar-refractivity contribution in [2.24, 2.45) is 0 Å². The molecule has 3 atom stereocenters. The maximum atomic E-state index is 13.6. The number of phosphoric acid groups is 1. The first-order valence-corrected chi connectivity index (χ1v) is 35.0. The lowest BCUT2D eigenvalue weighted by atomic mass is 10.1. The molecular weight excluding hydrogens is 1050 g/mol. The summed E-state index contributed by atoms with van der Waals surface area (Å²) in [6.07, 6.45) is 87.4. The summed E-state index contributed by atoms with van der Waals surface area (Å²) in [5.74, 6) is -0.555. The molecule has 0 radical (unpaired) electrons. The smallest absolute Gasteiger partial charge is 0.456 e. The summed E-state index contributed by atoms with van der Waals surface area (Å²) < 4.78 is 30.7. The molecule has 0 rings (SSSR count). The predicted molar refractivity (Wildman–Crippen MR) is 359 cm³/mol. The van der Waals surface area contributed by atoms with Gasteiger partial charge in [-0.05, 0) is 128 Å². The first kappa shape index (κ1) is 79.2. The van der Waals surface area contributed by atoms with Crippen molar-refractivity contribution in [3.8, 4) is 0 Å². The van der Waals surface area contributed by atoms with E-state index in [2.05, 4.69) is 148 Å². The average molecular weight is 1170 g/mol. The fraction of sp³-hybridized carbons (Fsp3) is 0.671. The summed E-state index contributed by atoms with van der Waals surface area (Å²) in [6.45, 7) is 6.83. The number of quaternary nitrogens is 1. The Balaban J connectivity index is 5.22. The third-order valence-electron chi connectivity index (χ3n) is 14.1. The summed E-state index contributed by atoms with van der Waals surface area (Å²) in [5, 5.41) is 3.04. The van der Waals surface area contributed by atoms with E-state index in [4.69, 9.17) is 13.8 Å². The Bertz CT molecular complexity index is 1880. The molecule has 0 aromatic carbocycles. The van der Waals surface area contributed by atoms with Crippen molar-refractivity contribution in [2.75, 3.05) is 40.9 Å². The lowest BCUT2D eigenvalue weighted by Gasteiger charge is -2.27. The molecule has 0 heterocycles. The van der Waals surface area contributed by atoms with Crippen LogP contribution in [0.1, 0.15) is 265 Å². The number of hydrogen-bond acceptors (Lipinski definition) is 6. The monoisotopic (exact) mass is 1170 g/mol. The Hall–Kier alpha value is -3.85. The number of likely N-dealkylation sites (N-methyl/N-ethyl adjacent to an activating group) is 1. The van der Waals surface area contributed by atoms with Crippen LogP contribution in [0, 0.1) is 0 Å². The van der Waals surface area contributed by atoms with Gasteiger partial charge in [0.1, 0.15) is 19.3 Å². The number of hydrogen-bond donors (Lipinski definition) is 2. The highest BCUT2D eigenvalue weighted by Gasteiger charge is 2.30. The van der Waals surface area contributed by atoms with E-state index in [1.54, 1.807) is 0 Å². The Kier molecular flexibility index (Phi) is 58.4. The number of carbonyl (C=O) groups excluding carboxylic acids is 2. The molecule has 0 fully saturated rings. The van der Waals surface area contributed by atoms with Gasteiger partial charge in [0.2, 0.25) is 5.91 Å². The van der Waals surface area contributed by atoms with Crippen molar-refractivity contribution < 1.29 is 37.3 Å². The molecule has 0 aromatic heterocycles. The molecule has 0 aliphatic carbocycles. The van der Waals surface area contributed by atoms with Crippen molar-refractivity contribution in [3.05, 3.63) is 134 Å². The molecule has 83 heavy (non-hydrogen) atoms. The van der Waals surface area contributed by atoms with E-state index in [-0.39, 0.29) is 31.5 Å². The number of nitrogens with one attached hydrogen (secondary N) is 1. The number of carbonyl (C=O) groups is 2. The van der Waals surface area contributed by atoms with E-state index in [1.165, 1.54) is 89.9 Å². The van der Waals surface area contributed by atoms with E-state index >= 15 is 0 Å². The molecule has 0 aromatic rings. The van der Waals surface area contributed by atoms with Gasteiger partial charge >= 0.3 is 13.8 Å². The number of unbranched alkanes of at least 4 members (excludes halogenated alkanes) is 23. The summed E-state index contributed by atoms with van der Waals surface area (Å²) in [7, 11) is 1.45. The third kappa shape index (κ3) is 62.5. The SMILES string of the molecule is CC/C=C\C/C=C\C/C=C\C/C=C\C/C=C\C/C=C\CCCCCCC(=O)NC(COP(=O)(O)OCC[N+](C)(C)C)C(/C=C/CCCCCCCCCCC)OC(=O)CCCCCCCCC/C=C\C/C=C\C/C=C\C/C=C\CCCCC. The predicted octanol–water partition coefficient (Wildman–Crippen LogP) is 21.2. The zero-order valence-electron chi connectivity index (χ0n) is 54.1. The number of nitrogens with zero attached hydrogens (tertiary/aromatic N) is 1. The van der Waals surface area contributed by atoms with Crippen molar-refractivity contribution >= 4 is 19.7 Å². The van der Waals surface area contributed by atoms with Crippen LogP contribution in [0.25, 0.3) is 0 Å². The molecule has 1 amide bonds. The molecule has 0 saturated carbocycles. The van der Waals surface area contributed by atoms with Gasteiger partial charge < -0.3 is 19.4 Å². The Labute approximate surface area is 511 Å². The minimum Gasteiger partial charge on any atom is -0.456 e. The standard InChI is InChI=1S/C73H125N2O7P/c1-7-10-13-16-19-22-25-27-29-31-33-35-37-39-41-43-45-47-50-53-56-59-62-65-72(76)74-70(69-81-83(78,79)80-68-67-75(4,5)6)71(64-61-58-55-52-49-24-21-18-15-12-9-3)82-73(77)66-63-60-57-54-51-48-46-44-42-40-38-36-34-32-30-28-26-23-20-17-14-11-8-2/h10,13,19-20,22-23,27-30,33-36,39-42,45,47,61,64,70-71H,7-9,11-12,14-18,21,24-26,31-32,37-38,43-44,46,48-60,62-63,65-69H2,1-6H3,(H-,74,76,78,79)/p+1/b13-10-,22-19-,23-20-,29-27-,30-28-,35-33-,36-34-,41-39-,42-40-,47-45-,64-61+. The molecule has 474 valence electrons. The van der Waals surface area contributed by atoms with E-state index in [0.29, 0.717) is 23.9 Å². The molecule has 3 unspecified atom stereocenters. The van der Waals surface area contributed by atoms with Crippen LogP contribution in [0.3, 0.4) is 0 Å². The normalized spacial score (nSPS) is 14.4. The zero-order chi connectivity index (χ0) is 60.7. The molecule has 0 aliphatic heterocycles. The van der Waals surface area contributed by atoms with E-state index in [0.717, 1.165) is 135 Å². The fourth-order valence-corrected chi connectivity index (χ4v) is 9.66. The summed E-state index contributed by atoms with van der Waals surface area (Å²) in [5.41, 5.74) is 0. The topological polar surface area (TPSA) is 111 Å². The fourth-order valence-electron chi connectivity index (χ4n) is 8.93. The molecule has 2 N–H and O–H groups in total. The highest BCUT2D eigenvalue weighted by atomic mass is 31.2. The first-order chi connectivity index (χ1) is 40.4. The van der Waals surface area contributed by atoms with Gasteiger partial charge in [-0.15, -0.1) is 0 Å². The second kappa shape index (κ2) is 61.2.